The quantitative estimate of drug-likeness (QED) is 0.256. The maximum Gasteiger partial charge on any atom is 0.170 e. The number of carbonyl (C=O) groups excluding carboxylic acids is 1. The molecule has 4 aliphatic rings. The first-order valence-electron chi connectivity index (χ1n) is 18.4. The van der Waals surface area contributed by atoms with Gasteiger partial charge in [-0.1, -0.05) is 169 Å². The van der Waals surface area contributed by atoms with Gasteiger partial charge in [-0.25, -0.2) is 0 Å². The summed E-state index contributed by atoms with van der Waals surface area (Å²) in [5.74, 6) is 0.175. The SMILES string of the molecule is CC(C)(C)P1C(C)(C)CC(=O)CC1(C)C.CC(C)(C)P1C(C)(C)CCCC1(C)C.CC(C)P1C(C)(C)CC2(CC1(C)C)OCCO2. The van der Waals surface area contributed by atoms with E-state index in [0.29, 0.717) is 36.7 Å². The second-order valence-electron chi connectivity index (χ2n) is 21.1. The van der Waals surface area contributed by atoms with Gasteiger partial charge in [-0.05, 0) is 59.7 Å². The first kappa shape index (κ1) is 43.0. The minimum absolute atomic E-state index is 0.0194. The number of ketones is 1. The predicted octanol–water partition coefficient (Wildman–Crippen LogP) is 13.2. The molecule has 0 amide bonds. The van der Waals surface area contributed by atoms with Gasteiger partial charge in [-0.15, -0.1) is 0 Å². The Morgan fingerprint density at radius 3 is 1.17 bits per heavy atom. The number of carbonyl (C=O) groups is 1. The third kappa shape index (κ3) is 10.2. The molecule has 1 spiro atoms. The molecule has 0 aromatic heterocycles. The van der Waals surface area contributed by atoms with E-state index in [1.165, 1.54) is 19.3 Å². The van der Waals surface area contributed by atoms with Crippen LogP contribution in [0.5, 0.6) is 0 Å². The molecule has 0 aliphatic carbocycles. The molecule has 0 aromatic rings. The Kier molecular flexibility index (Phi) is 13.2. The summed E-state index contributed by atoms with van der Waals surface area (Å²) in [4.78, 5) is 11.8. The fraction of sp³-hybridized carbons (Fsp3) is 0.975. The van der Waals surface area contributed by atoms with E-state index in [0.717, 1.165) is 44.6 Å². The van der Waals surface area contributed by atoms with E-state index in [9.17, 15) is 4.79 Å². The third-order valence-electron chi connectivity index (χ3n) is 10.6. The summed E-state index contributed by atoms with van der Waals surface area (Å²) in [5, 5.41) is 3.08. The van der Waals surface area contributed by atoms with Crippen LogP contribution in [0.3, 0.4) is 0 Å². The standard InChI is InChI=1S/C14H27O2P.C13H25OP.C13H27P/c1-11(2)17-12(3,4)9-14(10-13(17,5)6)15-7-8-16-14;1-11(2,3)15-12(4,5)8-10(14)9-13(15,6)7;1-11(2,3)14-12(4,5)9-8-10-13(14,6)7/h11H,7-10H2,1-6H3;8-9H2,1-7H3;8-10H2,1-7H3. The van der Waals surface area contributed by atoms with Crippen molar-refractivity contribution >= 4 is 29.5 Å². The molecule has 0 unspecified atom stereocenters. The van der Waals surface area contributed by atoms with Crippen LogP contribution >= 0.6 is 23.8 Å². The van der Waals surface area contributed by atoms with Crippen molar-refractivity contribution in [3.05, 3.63) is 0 Å². The molecular formula is C40H79O3P3. The highest BCUT2D eigenvalue weighted by atomic mass is 31.1. The lowest BCUT2D eigenvalue weighted by molar-refractivity contribution is -0.178. The molecule has 4 rings (SSSR count). The predicted molar refractivity (Wildman–Crippen MR) is 212 cm³/mol. The van der Waals surface area contributed by atoms with Gasteiger partial charge in [-0.2, -0.15) is 0 Å². The number of hydrogen-bond acceptors (Lipinski definition) is 3. The molecule has 4 fully saturated rings. The summed E-state index contributed by atoms with van der Waals surface area (Å²) in [6, 6.07) is 0. The largest absolute Gasteiger partial charge is 0.347 e. The van der Waals surface area contributed by atoms with Crippen molar-refractivity contribution in [2.75, 3.05) is 13.2 Å². The van der Waals surface area contributed by atoms with E-state index < -0.39 is 0 Å². The van der Waals surface area contributed by atoms with Crippen molar-refractivity contribution in [1.82, 2.24) is 0 Å². The zero-order valence-corrected chi connectivity index (χ0v) is 37.2. The lowest BCUT2D eigenvalue weighted by atomic mass is 9.91. The zero-order chi connectivity index (χ0) is 36.2. The number of rotatable bonds is 1. The van der Waals surface area contributed by atoms with Crippen molar-refractivity contribution < 1.29 is 14.3 Å². The fourth-order valence-corrected chi connectivity index (χ4v) is 29.3. The molecule has 272 valence electrons. The van der Waals surface area contributed by atoms with Crippen LogP contribution in [0.4, 0.5) is 0 Å². The van der Waals surface area contributed by atoms with Crippen LogP contribution in [0.25, 0.3) is 0 Å². The monoisotopic (exact) mass is 701 g/mol. The summed E-state index contributed by atoms with van der Waals surface area (Å²) in [5.41, 5.74) is 0.772. The van der Waals surface area contributed by atoms with E-state index >= 15 is 0 Å². The summed E-state index contributed by atoms with van der Waals surface area (Å²) in [6.45, 7) is 49.3. The van der Waals surface area contributed by atoms with Crippen molar-refractivity contribution in [2.24, 2.45) is 0 Å². The molecule has 0 bridgehead atoms. The Morgan fingerprint density at radius 1 is 0.565 bits per heavy atom. The smallest absolute Gasteiger partial charge is 0.170 e. The van der Waals surface area contributed by atoms with Crippen molar-refractivity contribution in [3.8, 4) is 0 Å². The molecule has 46 heavy (non-hydrogen) atoms. The topological polar surface area (TPSA) is 35.5 Å². The second-order valence-corrected chi connectivity index (χ2v) is 34.1. The van der Waals surface area contributed by atoms with Crippen LogP contribution in [-0.4, -0.2) is 71.7 Å². The molecular weight excluding hydrogens is 621 g/mol. The van der Waals surface area contributed by atoms with E-state index in [-0.39, 0.29) is 39.9 Å². The van der Waals surface area contributed by atoms with Gasteiger partial charge in [0.2, 0.25) is 0 Å². The average Bonchev–Trinajstić information content (AvgIpc) is 3.12. The molecule has 0 saturated carbocycles. The van der Waals surface area contributed by atoms with E-state index in [4.69, 9.17) is 9.47 Å². The van der Waals surface area contributed by atoms with Crippen LogP contribution in [0.1, 0.15) is 183 Å². The van der Waals surface area contributed by atoms with Crippen LogP contribution < -0.4 is 0 Å². The lowest BCUT2D eigenvalue weighted by Gasteiger charge is -2.57. The Labute approximate surface area is 292 Å². The van der Waals surface area contributed by atoms with E-state index in [1.807, 2.05) is 0 Å². The van der Waals surface area contributed by atoms with Crippen molar-refractivity contribution in [1.29, 1.82) is 0 Å². The molecule has 0 N–H and O–H groups in total. The highest BCUT2D eigenvalue weighted by Crippen LogP contribution is 2.73. The van der Waals surface area contributed by atoms with Gasteiger partial charge in [0, 0.05) is 25.7 Å². The summed E-state index contributed by atoms with van der Waals surface area (Å²) in [7, 11) is -0.0654. The van der Waals surface area contributed by atoms with Crippen LogP contribution in [0, 0.1) is 0 Å². The van der Waals surface area contributed by atoms with Crippen molar-refractivity contribution in [2.45, 2.75) is 236 Å². The number of ether oxygens (including phenoxy) is 2. The second kappa shape index (κ2) is 14.1. The molecule has 4 aliphatic heterocycles. The summed E-state index contributed by atoms with van der Waals surface area (Å²) in [6.07, 6.45) is 7.97. The average molecular weight is 701 g/mol. The summed E-state index contributed by atoms with van der Waals surface area (Å²) >= 11 is 0. The molecule has 0 atom stereocenters. The summed E-state index contributed by atoms with van der Waals surface area (Å²) < 4.78 is 11.9. The molecule has 4 saturated heterocycles. The normalized spacial score (nSPS) is 28.7. The molecule has 4 heterocycles. The highest BCUT2D eigenvalue weighted by molar-refractivity contribution is 7.63. The minimum atomic E-state index is -0.277. The van der Waals surface area contributed by atoms with Crippen LogP contribution in [0.2, 0.25) is 0 Å². The van der Waals surface area contributed by atoms with Crippen molar-refractivity contribution in [3.63, 3.8) is 0 Å². The maximum absolute atomic E-state index is 11.8. The maximum atomic E-state index is 11.8. The van der Waals surface area contributed by atoms with Gasteiger partial charge < -0.3 is 9.47 Å². The van der Waals surface area contributed by atoms with Gasteiger partial charge in [0.05, 0.1) is 13.2 Å². The third-order valence-corrected chi connectivity index (χ3v) is 22.9. The van der Waals surface area contributed by atoms with E-state index in [2.05, 4.69) is 138 Å². The zero-order valence-electron chi connectivity index (χ0n) is 34.5. The Hall–Kier alpha value is 0.880. The first-order chi connectivity index (χ1) is 20.2. The van der Waals surface area contributed by atoms with Gasteiger partial charge in [0.25, 0.3) is 0 Å². The van der Waals surface area contributed by atoms with E-state index in [1.54, 1.807) is 0 Å². The molecule has 3 nitrogen and oxygen atoms in total. The fourth-order valence-electron chi connectivity index (χ4n) is 12.1. The molecule has 0 radical (unpaired) electrons. The van der Waals surface area contributed by atoms with Crippen LogP contribution in [-0.2, 0) is 14.3 Å². The first-order valence-corrected chi connectivity index (χ1v) is 22.5. The number of hydrogen-bond donors (Lipinski definition) is 0. The minimum Gasteiger partial charge on any atom is -0.347 e. The highest BCUT2D eigenvalue weighted by Gasteiger charge is 2.57. The molecule has 6 heteroatoms. The Balaban J connectivity index is 0.000000242. The Bertz CT molecular complexity index is 977. The van der Waals surface area contributed by atoms with Crippen LogP contribution in [0.15, 0.2) is 0 Å². The Morgan fingerprint density at radius 2 is 0.891 bits per heavy atom. The van der Waals surface area contributed by atoms with Gasteiger partial charge in [0.1, 0.15) is 5.78 Å². The van der Waals surface area contributed by atoms with Gasteiger partial charge in [0.15, 0.2) is 5.79 Å². The number of Topliss-reactive ketones (excluding diaryl/α,β-unsaturated/α-hetero) is 1. The van der Waals surface area contributed by atoms with Gasteiger partial charge in [-0.3, -0.25) is 4.79 Å². The van der Waals surface area contributed by atoms with Gasteiger partial charge >= 0.3 is 0 Å². The lowest BCUT2D eigenvalue weighted by Crippen LogP contribution is -2.51. The molecule has 0 aromatic carbocycles.